The first-order chi connectivity index (χ1) is 11.5. The summed E-state index contributed by atoms with van der Waals surface area (Å²) in [6, 6.07) is 1.95. The van der Waals surface area contributed by atoms with Gasteiger partial charge >= 0.3 is 0 Å². The van der Waals surface area contributed by atoms with Crippen LogP contribution in [0.2, 0.25) is 0 Å². The largest absolute Gasteiger partial charge is 0.383 e. The molecule has 0 bridgehead atoms. The fraction of sp³-hybridized carbons (Fsp3) is 0.471. The SMILES string of the molecule is C=CCn1c(C)nnc1SCC(=O)c1cc(C)n(CCOC)c1C. The zero-order valence-electron chi connectivity index (χ0n) is 14.7. The standard InChI is InChI=1S/C17H24N4O2S/c1-6-7-21-14(4)18-19-17(21)24-11-16(22)15-10-12(2)20(13(15)3)8-9-23-5/h6,10H,1,7-9,11H2,2-5H3. The van der Waals surface area contributed by atoms with E-state index in [4.69, 9.17) is 4.74 Å². The van der Waals surface area contributed by atoms with Crippen LogP contribution in [0.5, 0.6) is 0 Å². The van der Waals surface area contributed by atoms with Crippen LogP contribution in [0.3, 0.4) is 0 Å². The smallest absolute Gasteiger partial charge is 0.191 e. The van der Waals surface area contributed by atoms with Gasteiger partial charge in [0.2, 0.25) is 0 Å². The average Bonchev–Trinajstić information content (AvgIpc) is 3.04. The Morgan fingerprint density at radius 2 is 2.08 bits per heavy atom. The van der Waals surface area contributed by atoms with Crippen LogP contribution in [0, 0.1) is 20.8 Å². The number of Topliss-reactive ketones (excluding diaryl/α,β-unsaturated/α-hetero) is 1. The van der Waals surface area contributed by atoms with Gasteiger partial charge in [0.05, 0.1) is 12.4 Å². The first kappa shape index (κ1) is 18.5. The number of rotatable bonds is 9. The van der Waals surface area contributed by atoms with Gasteiger partial charge in [-0.05, 0) is 26.8 Å². The summed E-state index contributed by atoms with van der Waals surface area (Å²) >= 11 is 1.41. The Balaban J connectivity index is 2.09. The Kier molecular flexibility index (Phi) is 6.39. The Hall–Kier alpha value is -1.86. The molecule has 0 aliphatic carbocycles. The molecule has 0 saturated heterocycles. The van der Waals surface area contributed by atoms with Crippen LogP contribution in [0.4, 0.5) is 0 Å². The van der Waals surface area contributed by atoms with Crippen LogP contribution in [0.25, 0.3) is 0 Å². The van der Waals surface area contributed by atoms with Crippen LogP contribution in [-0.4, -0.2) is 44.6 Å². The Morgan fingerprint density at radius 1 is 1.33 bits per heavy atom. The summed E-state index contributed by atoms with van der Waals surface area (Å²) in [4.78, 5) is 12.6. The molecule has 0 saturated carbocycles. The molecule has 7 heteroatoms. The van der Waals surface area contributed by atoms with Crippen molar-refractivity contribution in [3.8, 4) is 0 Å². The normalized spacial score (nSPS) is 11.0. The molecule has 2 aromatic rings. The predicted octanol–water partition coefficient (Wildman–Crippen LogP) is 2.81. The third-order valence-corrected chi connectivity index (χ3v) is 4.91. The van der Waals surface area contributed by atoms with E-state index in [2.05, 4.69) is 21.3 Å². The summed E-state index contributed by atoms with van der Waals surface area (Å²) in [6.45, 7) is 11.6. The van der Waals surface area contributed by atoms with Crippen LogP contribution in [-0.2, 0) is 17.8 Å². The van der Waals surface area contributed by atoms with Crippen molar-refractivity contribution >= 4 is 17.5 Å². The highest BCUT2D eigenvalue weighted by atomic mass is 32.2. The monoisotopic (exact) mass is 348 g/mol. The van der Waals surface area contributed by atoms with E-state index in [0.717, 1.165) is 34.5 Å². The van der Waals surface area contributed by atoms with Crippen molar-refractivity contribution < 1.29 is 9.53 Å². The molecule has 0 aromatic carbocycles. The summed E-state index contributed by atoms with van der Waals surface area (Å²) in [5.41, 5.74) is 2.82. The van der Waals surface area contributed by atoms with E-state index >= 15 is 0 Å². The second-order valence-electron chi connectivity index (χ2n) is 5.57. The lowest BCUT2D eigenvalue weighted by Gasteiger charge is -2.09. The van der Waals surface area contributed by atoms with Crippen molar-refractivity contribution in [3.63, 3.8) is 0 Å². The van der Waals surface area contributed by atoms with Crippen molar-refractivity contribution in [3.05, 3.63) is 41.5 Å². The second-order valence-corrected chi connectivity index (χ2v) is 6.51. The number of allylic oxidation sites excluding steroid dienone is 1. The maximum Gasteiger partial charge on any atom is 0.191 e. The number of hydrogen-bond acceptors (Lipinski definition) is 5. The first-order valence-electron chi connectivity index (χ1n) is 7.82. The number of methoxy groups -OCH3 is 1. The van der Waals surface area contributed by atoms with Gasteiger partial charge in [-0.15, -0.1) is 16.8 Å². The first-order valence-corrected chi connectivity index (χ1v) is 8.80. The predicted molar refractivity (Wildman–Crippen MR) is 95.8 cm³/mol. The molecule has 0 N–H and O–H groups in total. The number of carbonyl (C=O) groups excluding carboxylic acids is 1. The lowest BCUT2D eigenvalue weighted by Crippen LogP contribution is -2.10. The van der Waals surface area contributed by atoms with Crippen molar-refractivity contribution in [2.75, 3.05) is 19.5 Å². The molecule has 2 rings (SSSR count). The van der Waals surface area contributed by atoms with Crippen LogP contribution >= 0.6 is 11.8 Å². The molecule has 0 radical (unpaired) electrons. The Bertz CT molecular complexity index is 733. The van der Waals surface area contributed by atoms with Crippen molar-refractivity contribution in [2.45, 2.75) is 39.0 Å². The number of nitrogens with zero attached hydrogens (tertiary/aromatic N) is 4. The Morgan fingerprint density at radius 3 is 2.75 bits per heavy atom. The minimum absolute atomic E-state index is 0.0996. The molecular formula is C17H24N4O2S. The van der Waals surface area contributed by atoms with E-state index in [-0.39, 0.29) is 5.78 Å². The topological polar surface area (TPSA) is 61.9 Å². The van der Waals surface area contributed by atoms with Crippen molar-refractivity contribution in [2.24, 2.45) is 0 Å². The van der Waals surface area contributed by atoms with Crippen LogP contribution < -0.4 is 0 Å². The van der Waals surface area contributed by atoms with E-state index in [1.54, 1.807) is 13.2 Å². The van der Waals surface area contributed by atoms with Gasteiger partial charge in [0.25, 0.3) is 0 Å². The molecule has 24 heavy (non-hydrogen) atoms. The number of aryl methyl sites for hydroxylation is 2. The van der Waals surface area contributed by atoms with E-state index < -0.39 is 0 Å². The molecule has 0 spiro atoms. The molecule has 0 atom stereocenters. The molecule has 0 unspecified atom stereocenters. The van der Waals surface area contributed by atoms with E-state index in [1.807, 2.05) is 31.4 Å². The molecule has 0 aliphatic rings. The number of hydrogen-bond donors (Lipinski definition) is 0. The summed E-state index contributed by atoms with van der Waals surface area (Å²) < 4.78 is 9.20. The number of thioether (sulfide) groups is 1. The fourth-order valence-corrected chi connectivity index (χ4v) is 3.50. The molecule has 0 amide bonds. The van der Waals surface area contributed by atoms with Gasteiger partial charge in [-0.3, -0.25) is 4.79 Å². The van der Waals surface area contributed by atoms with E-state index in [1.165, 1.54) is 11.8 Å². The average molecular weight is 348 g/mol. The van der Waals surface area contributed by atoms with Gasteiger partial charge in [0.1, 0.15) is 5.82 Å². The fourth-order valence-electron chi connectivity index (χ4n) is 2.63. The lowest BCUT2D eigenvalue weighted by atomic mass is 10.2. The molecule has 2 aromatic heterocycles. The van der Waals surface area contributed by atoms with Gasteiger partial charge in [-0.2, -0.15) is 0 Å². The number of ether oxygens (including phenoxy) is 1. The van der Waals surface area contributed by atoms with Crippen molar-refractivity contribution in [1.82, 2.24) is 19.3 Å². The zero-order chi connectivity index (χ0) is 17.7. The molecule has 6 nitrogen and oxygen atoms in total. The summed E-state index contributed by atoms with van der Waals surface area (Å²) in [7, 11) is 1.68. The van der Waals surface area contributed by atoms with Gasteiger partial charge < -0.3 is 13.9 Å². The van der Waals surface area contributed by atoms with Crippen molar-refractivity contribution in [1.29, 1.82) is 0 Å². The van der Waals surface area contributed by atoms with E-state index in [0.29, 0.717) is 18.9 Å². The van der Waals surface area contributed by atoms with E-state index in [9.17, 15) is 4.79 Å². The summed E-state index contributed by atoms with van der Waals surface area (Å²) in [5, 5.41) is 8.95. The van der Waals surface area contributed by atoms with Gasteiger partial charge in [-0.1, -0.05) is 17.8 Å². The van der Waals surface area contributed by atoms with Gasteiger partial charge in [0, 0.05) is 37.2 Å². The molecule has 0 aliphatic heterocycles. The molecule has 0 fully saturated rings. The molecule has 130 valence electrons. The minimum atomic E-state index is 0.0996. The van der Waals surface area contributed by atoms with Gasteiger partial charge in [-0.25, -0.2) is 0 Å². The highest BCUT2D eigenvalue weighted by Crippen LogP contribution is 2.21. The summed E-state index contributed by atoms with van der Waals surface area (Å²) in [5.74, 6) is 1.26. The van der Waals surface area contributed by atoms with Crippen LogP contribution in [0.15, 0.2) is 23.9 Å². The Labute approximate surface area is 146 Å². The third-order valence-electron chi connectivity index (χ3n) is 3.94. The zero-order valence-corrected chi connectivity index (χ0v) is 15.5. The van der Waals surface area contributed by atoms with Crippen LogP contribution in [0.1, 0.15) is 27.6 Å². The maximum absolute atomic E-state index is 12.6. The summed E-state index contributed by atoms with van der Waals surface area (Å²) in [6.07, 6.45) is 1.80. The number of aromatic nitrogens is 4. The third kappa shape index (κ3) is 3.96. The lowest BCUT2D eigenvalue weighted by molar-refractivity contribution is 0.102. The minimum Gasteiger partial charge on any atom is -0.383 e. The number of carbonyl (C=O) groups is 1. The maximum atomic E-state index is 12.6. The molecule has 2 heterocycles. The highest BCUT2D eigenvalue weighted by Gasteiger charge is 2.17. The quantitative estimate of drug-likeness (QED) is 0.396. The molecular weight excluding hydrogens is 324 g/mol. The number of ketones is 1. The van der Waals surface area contributed by atoms with Gasteiger partial charge in [0.15, 0.2) is 10.9 Å². The highest BCUT2D eigenvalue weighted by molar-refractivity contribution is 7.99. The second kappa shape index (κ2) is 8.30.